The van der Waals surface area contributed by atoms with E-state index in [1.807, 2.05) is 36.4 Å². The minimum Gasteiger partial charge on any atom is -0.493 e. The number of nitrogens with one attached hydrogen (secondary N) is 1. The van der Waals surface area contributed by atoms with Gasteiger partial charge in [-0.1, -0.05) is 31.9 Å². The third-order valence-corrected chi connectivity index (χ3v) is 5.73. The average Bonchev–Trinajstić information content (AvgIpc) is 2.62. The monoisotopic (exact) mass is 487 g/mol. The molecule has 0 unspecified atom stereocenters. The first-order valence-electron chi connectivity index (χ1n) is 7.59. The Morgan fingerprint density at radius 1 is 1.08 bits per heavy atom. The molecule has 0 saturated carbocycles. The summed E-state index contributed by atoms with van der Waals surface area (Å²) in [6.07, 6.45) is 0.704. The van der Waals surface area contributed by atoms with Gasteiger partial charge in [-0.2, -0.15) is 0 Å². The van der Waals surface area contributed by atoms with E-state index in [1.54, 1.807) is 14.2 Å². The van der Waals surface area contributed by atoms with Crippen LogP contribution < -0.4 is 14.8 Å². The largest absolute Gasteiger partial charge is 0.493 e. The molecule has 4 nitrogen and oxygen atoms in total. The lowest BCUT2D eigenvalue weighted by molar-refractivity contribution is -0.118. The zero-order valence-electron chi connectivity index (χ0n) is 14.0. The Hall–Kier alpha value is -1.18. The van der Waals surface area contributed by atoms with Gasteiger partial charge in [-0.25, -0.2) is 0 Å². The number of amides is 1. The van der Waals surface area contributed by atoms with Gasteiger partial charge in [0.25, 0.3) is 0 Å². The summed E-state index contributed by atoms with van der Waals surface area (Å²) >= 11 is 8.45. The second-order valence-electron chi connectivity index (χ2n) is 5.14. The van der Waals surface area contributed by atoms with Crippen LogP contribution in [0.4, 0.5) is 0 Å². The van der Waals surface area contributed by atoms with Crippen LogP contribution in [0.1, 0.15) is 5.56 Å². The first-order valence-corrected chi connectivity index (χ1v) is 10.2. The number of rotatable bonds is 8. The maximum absolute atomic E-state index is 12.0. The molecule has 134 valence electrons. The van der Waals surface area contributed by atoms with Crippen LogP contribution in [0.3, 0.4) is 0 Å². The molecule has 7 heteroatoms. The smallest absolute Gasteiger partial charge is 0.230 e. The fourth-order valence-electron chi connectivity index (χ4n) is 2.16. The molecule has 25 heavy (non-hydrogen) atoms. The van der Waals surface area contributed by atoms with Crippen molar-refractivity contribution in [1.29, 1.82) is 0 Å². The Morgan fingerprint density at radius 3 is 2.36 bits per heavy atom. The van der Waals surface area contributed by atoms with Gasteiger partial charge in [0.15, 0.2) is 11.5 Å². The van der Waals surface area contributed by atoms with Crippen LogP contribution in [0, 0.1) is 0 Å². The molecule has 1 N–H and O–H groups in total. The normalized spacial score (nSPS) is 10.4. The Labute approximate surface area is 168 Å². The van der Waals surface area contributed by atoms with Crippen molar-refractivity contribution in [3.8, 4) is 11.5 Å². The van der Waals surface area contributed by atoms with Crippen molar-refractivity contribution in [2.75, 3.05) is 26.5 Å². The second kappa shape index (κ2) is 10.1. The van der Waals surface area contributed by atoms with Crippen LogP contribution in [0.2, 0.25) is 0 Å². The van der Waals surface area contributed by atoms with Gasteiger partial charge in [-0.05, 0) is 48.4 Å². The summed E-state index contributed by atoms with van der Waals surface area (Å²) in [4.78, 5) is 13.1. The lowest BCUT2D eigenvalue weighted by Gasteiger charge is -2.12. The van der Waals surface area contributed by atoms with E-state index in [9.17, 15) is 4.79 Å². The van der Waals surface area contributed by atoms with Crippen LogP contribution in [0.25, 0.3) is 0 Å². The summed E-state index contributed by atoms with van der Waals surface area (Å²) < 4.78 is 12.5. The number of hydrogen-bond donors (Lipinski definition) is 1. The van der Waals surface area contributed by atoms with Gasteiger partial charge in [-0.15, -0.1) is 11.8 Å². The van der Waals surface area contributed by atoms with E-state index in [0.29, 0.717) is 30.2 Å². The minimum atomic E-state index is 0.0181. The van der Waals surface area contributed by atoms with Crippen molar-refractivity contribution < 1.29 is 14.3 Å². The van der Waals surface area contributed by atoms with Crippen molar-refractivity contribution in [3.63, 3.8) is 0 Å². The molecular formula is C18H19Br2NO3S. The fraction of sp³-hybridized carbons (Fsp3) is 0.278. The predicted octanol–water partition coefficient (Wildman–Crippen LogP) is 4.68. The van der Waals surface area contributed by atoms with E-state index in [0.717, 1.165) is 19.4 Å². The van der Waals surface area contributed by atoms with Crippen LogP contribution in [0.15, 0.2) is 50.2 Å². The molecule has 0 aliphatic rings. The molecular weight excluding hydrogens is 470 g/mol. The number of carbonyl (C=O) groups excluding carboxylic acids is 1. The molecule has 0 spiro atoms. The molecule has 0 saturated heterocycles. The summed E-state index contributed by atoms with van der Waals surface area (Å²) in [5.74, 6) is 1.77. The quantitative estimate of drug-likeness (QED) is 0.548. The predicted molar refractivity (Wildman–Crippen MR) is 109 cm³/mol. The van der Waals surface area contributed by atoms with Gasteiger partial charge in [0.2, 0.25) is 5.91 Å². The molecule has 0 fully saturated rings. The standard InChI is InChI=1S/C18H19Br2NO3S/c1-23-16-9-12(15(20)10-17(16)24-2)7-8-21-18(22)11-25-14-5-3-13(19)4-6-14/h3-6,9-10H,7-8,11H2,1-2H3,(H,21,22). The lowest BCUT2D eigenvalue weighted by atomic mass is 10.1. The van der Waals surface area contributed by atoms with E-state index in [1.165, 1.54) is 11.8 Å². The summed E-state index contributed by atoms with van der Waals surface area (Å²) in [5, 5.41) is 2.94. The second-order valence-corrected chi connectivity index (χ2v) is 7.96. The van der Waals surface area contributed by atoms with E-state index < -0.39 is 0 Å². The molecule has 2 rings (SSSR count). The number of ether oxygens (including phenoxy) is 2. The van der Waals surface area contributed by atoms with Crippen molar-refractivity contribution in [1.82, 2.24) is 5.32 Å². The lowest BCUT2D eigenvalue weighted by Crippen LogP contribution is -2.27. The van der Waals surface area contributed by atoms with Crippen molar-refractivity contribution >= 4 is 49.5 Å². The van der Waals surface area contributed by atoms with Crippen molar-refractivity contribution in [2.24, 2.45) is 0 Å². The number of halogens is 2. The summed E-state index contributed by atoms with van der Waals surface area (Å²) in [6, 6.07) is 11.7. The van der Waals surface area contributed by atoms with Crippen LogP contribution >= 0.6 is 43.6 Å². The van der Waals surface area contributed by atoms with Gasteiger partial charge < -0.3 is 14.8 Å². The SMILES string of the molecule is COc1cc(Br)c(CCNC(=O)CSc2ccc(Br)cc2)cc1OC. The van der Waals surface area contributed by atoms with E-state index in [-0.39, 0.29) is 5.91 Å². The highest BCUT2D eigenvalue weighted by Gasteiger charge is 2.10. The van der Waals surface area contributed by atoms with Gasteiger partial charge in [0, 0.05) is 20.4 Å². The van der Waals surface area contributed by atoms with Gasteiger partial charge >= 0.3 is 0 Å². The summed E-state index contributed by atoms with van der Waals surface area (Å²) in [7, 11) is 3.21. The molecule has 0 atom stereocenters. The van der Waals surface area contributed by atoms with Crippen molar-refractivity contribution in [3.05, 3.63) is 50.9 Å². The van der Waals surface area contributed by atoms with Gasteiger partial charge in [0.05, 0.1) is 20.0 Å². The topological polar surface area (TPSA) is 47.6 Å². The maximum Gasteiger partial charge on any atom is 0.230 e. The number of thioether (sulfide) groups is 1. The highest BCUT2D eigenvalue weighted by molar-refractivity contribution is 9.10. The van der Waals surface area contributed by atoms with Gasteiger partial charge in [-0.3, -0.25) is 4.79 Å². The zero-order chi connectivity index (χ0) is 18.2. The van der Waals surface area contributed by atoms with E-state index in [4.69, 9.17) is 9.47 Å². The third kappa shape index (κ3) is 6.24. The molecule has 0 aliphatic heterocycles. The Bertz CT molecular complexity index is 723. The Balaban J connectivity index is 1.81. The number of hydrogen-bond acceptors (Lipinski definition) is 4. The maximum atomic E-state index is 12.0. The fourth-order valence-corrected chi connectivity index (χ4v) is 3.67. The van der Waals surface area contributed by atoms with Crippen molar-refractivity contribution in [2.45, 2.75) is 11.3 Å². The third-order valence-electron chi connectivity index (χ3n) is 3.45. The highest BCUT2D eigenvalue weighted by Crippen LogP contribution is 2.33. The first kappa shape index (κ1) is 20.1. The average molecular weight is 489 g/mol. The molecule has 1 amide bonds. The van der Waals surface area contributed by atoms with Crippen LogP contribution in [-0.2, 0) is 11.2 Å². The molecule has 2 aromatic carbocycles. The molecule has 0 heterocycles. The molecule has 0 radical (unpaired) electrons. The van der Waals surface area contributed by atoms with Crippen LogP contribution in [0.5, 0.6) is 11.5 Å². The number of methoxy groups -OCH3 is 2. The Kier molecular flexibility index (Phi) is 8.12. The summed E-state index contributed by atoms with van der Waals surface area (Å²) in [6.45, 7) is 0.563. The molecule has 0 aliphatic carbocycles. The van der Waals surface area contributed by atoms with E-state index >= 15 is 0 Å². The van der Waals surface area contributed by atoms with Crippen LogP contribution in [-0.4, -0.2) is 32.4 Å². The zero-order valence-corrected chi connectivity index (χ0v) is 18.0. The van der Waals surface area contributed by atoms with Gasteiger partial charge in [0.1, 0.15) is 0 Å². The van der Waals surface area contributed by atoms with E-state index in [2.05, 4.69) is 37.2 Å². The number of benzene rings is 2. The minimum absolute atomic E-state index is 0.0181. The molecule has 0 bridgehead atoms. The molecule has 0 aromatic heterocycles. The Morgan fingerprint density at radius 2 is 1.72 bits per heavy atom. The summed E-state index contributed by atoms with van der Waals surface area (Å²) in [5.41, 5.74) is 1.05. The molecule has 2 aromatic rings. The highest BCUT2D eigenvalue weighted by atomic mass is 79.9. The first-order chi connectivity index (χ1) is 12.0. The number of carbonyl (C=O) groups is 1.